The van der Waals surface area contributed by atoms with Gasteiger partial charge in [-0.2, -0.15) is 0 Å². The van der Waals surface area contributed by atoms with Crippen LogP contribution >= 0.6 is 0 Å². The minimum absolute atomic E-state index is 0.185. The number of hydrogen-bond acceptors (Lipinski definition) is 2. The molecule has 1 fully saturated rings. The molecule has 18 heavy (non-hydrogen) atoms. The van der Waals surface area contributed by atoms with Gasteiger partial charge in [0.25, 0.3) is 0 Å². The van der Waals surface area contributed by atoms with E-state index in [1.165, 1.54) is 17.7 Å². The van der Waals surface area contributed by atoms with E-state index in [2.05, 4.69) is 19.2 Å². The highest BCUT2D eigenvalue weighted by Gasteiger charge is 2.45. The number of urea groups is 1. The van der Waals surface area contributed by atoms with E-state index in [0.29, 0.717) is 12.5 Å². The lowest BCUT2D eigenvalue weighted by atomic mass is 9.92. The normalized spacial score (nSPS) is 18.3. The fraction of sp³-hybridized carbons (Fsp3) is 0.846. The summed E-state index contributed by atoms with van der Waals surface area (Å²) in [4.78, 5) is 24.0. The molecule has 1 rings (SSSR count). The van der Waals surface area contributed by atoms with Gasteiger partial charge in [-0.1, -0.05) is 20.8 Å². The van der Waals surface area contributed by atoms with Gasteiger partial charge in [0.15, 0.2) is 0 Å². The highest BCUT2D eigenvalue weighted by Crippen LogP contribution is 2.51. The van der Waals surface area contributed by atoms with Gasteiger partial charge in [0, 0.05) is 20.1 Å². The van der Waals surface area contributed by atoms with E-state index < -0.39 is 11.9 Å². The zero-order valence-electron chi connectivity index (χ0n) is 11.7. The maximum Gasteiger partial charge on any atom is 0.317 e. The SMILES string of the molecule is CC(CN(C)C(=O)NCC1(C(C)C)CC1)C(=O)O. The second kappa shape index (κ2) is 5.59. The molecule has 5 nitrogen and oxygen atoms in total. The molecule has 0 aromatic rings. The summed E-state index contributed by atoms with van der Waals surface area (Å²) in [5.74, 6) is -0.850. The molecule has 0 aliphatic heterocycles. The van der Waals surface area contributed by atoms with E-state index in [9.17, 15) is 9.59 Å². The molecular formula is C13H24N2O3. The van der Waals surface area contributed by atoms with Gasteiger partial charge in [-0.3, -0.25) is 4.79 Å². The first-order chi connectivity index (χ1) is 8.28. The van der Waals surface area contributed by atoms with E-state index >= 15 is 0 Å². The van der Waals surface area contributed by atoms with Crippen LogP contribution in [-0.2, 0) is 4.79 Å². The van der Waals surface area contributed by atoms with Gasteiger partial charge in [0.05, 0.1) is 5.92 Å². The Labute approximate surface area is 109 Å². The smallest absolute Gasteiger partial charge is 0.317 e. The Bertz CT molecular complexity index is 324. The Hall–Kier alpha value is -1.26. The van der Waals surface area contributed by atoms with Crippen molar-refractivity contribution in [2.45, 2.75) is 33.6 Å². The average Bonchev–Trinajstić information content (AvgIpc) is 3.06. The molecule has 1 atom stereocenters. The zero-order chi connectivity index (χ0) is 13.9. The molecule has 104 valence electrons. The summed E-state index contributed by atoms with van der Waals surface area (Å²) >= 11 is 0. The molecule has 2 amide bonds. The molecule has 2 N–H and O–H groups in total. The molecule has 1 saturated carbocycles. The Morgan fingerprint density at radius 3 is 2.28 bits per heavy atom. The van der Waals surface area contributed by atoms with Crippen LogP contribution < -0.4 is 5.32 Å². The standard InChI is InChI=1S/C13H24N2O3/c1-9(2)13(5-6-13)8-14-12(18)15(4)7-10(3)11(16)17/h9-10H,5-8H2,1-4H3,(H,14,18)(H,16,17). The van der Waals surface area contributed by atoms with Crippen molar-refractivity contribution < 1.29 is 14.7 Å². The number of amides is 2. The molecule has 5 heteroatoms. The molecule has 1 unspecified atom stereocenters. The van der Waals surface area contributed by atoms with E-state index in [0.717, 1.165) is 0 Å². The van der Waals surface area contributed by atoms with Gasteiger partial charge >= 0.3 is 12.0 Å². The van der Waals surface area contributed by atoms with E-state index in [1.54, 1.807) is 14.0 Å². The zero-order valence-corrected chi connectivity index (χ0v) is 11.7. The molecule has 1 aliphatic rings. The highest BCUT2D eigenvalue weighted by molar-refractivity contribution is 5.75. The predicted molar refractivity (Wildman–Crippen MR) is 69.3 cm³/mol. The molecule has 0 heterocycles. The minimum atomic E-state index is -0.879. The van der Waals surface area contributed by atoms with Crippen LogP contribution in [0.25, 0.3) is 0 Å². The first-order valence-corrected chi connectivity index (χ1v) is 6.50. The van der Waals surface area contributed by atoms with Gasteiger partial charge in [0.1, 0.15) is 0 Å². The summed E-state index contributed by atoms with van der Waals surface area (Å²) in [5, 5.41) is 11.7. The molecule has 1 aliphatic carbocycles. The summed E-state index contributed by atoms with van der Waals surface area (Å²) < 4.78 is 0. The van der Waals surface area contributed by atoms with Gasteiger partial charge in [-0.15, -0.1) is 0 Å². The first-order valence-electron chi connectivity index (χ1n) is 6.50. The van der Waals surface area contributed by atoms with Crippen molar-refractivity contribution in [1.29, 1.82) is 0 Å². The van der Waals surface area contributed by atoms with Gasteiger partial charge in [-0.05, 0) is 24.2 Å². The quantitative estimate of drug-likeness (QED) is 0.761. The van der Waals surface area contributed by atoms with Crippen molar-refractivity contribution in [1.82, 2.24) is 10.2 Å². The van der Waals surface area contributed by atoms with Crippen LogP contribution in [0.4, 0.5) is 4.79 Å². The van der Waals surface area contributed by atoms with Gasteiger partial charge < -0.3 is 15.3 Å². The van der Waals surface area contributed by atoms with Crippen LogP contribution in [0.5, 0.6) is 0 Å². The third-order valence-corrected chi connectivity index (χ3v) is 4.02. The fourth-order valence-electron chi connectivity index (χ4n) is 2.08. The van der Waals surface area contributed by atoms with Crippen LogP contribution in [0, 0.1) is 17.3 Å². The lowest BCUT2D eigenvalue weighted by molar-refractivity contribution is -0.141. The number of carboxylic acids is 1. The number of nitrogens with zero attached hydrogens (tertiary/aromatic N) is 1. The summed E-state index contributed by atoms with van der Waals surface area (Å²) in [7, 11) is 1.63. The Kier molecular flexibility index (Phi) is 4.59. The summed E-state index contributed by atoms with van der Waals surface area (Å²) in [6, 6.07) is -0.185. The van der Waals surface area contributed by atoms with Crippen molar-refractivity contribution in [2.75, 3.05) is 20.1 Å². The molecule has 0 aromatic carbocycles. The van der Waals surface area contributed by atoms with E-state index in [1.807, 2.05) is 0 Å². The third kappa shape index (κ3) is 3.62. The number of carboxylic acid groups (broad SMARTS) is 1. The highest BCUT2D eigenvalue weighted by atomic mass is 16.4. The first kappa shape index (κ1) is 14.8. The van der Waals surface area contributed by atoms with Crippen LogP contribution in [0.3, 0.4) is 0 Å². The molecule has 0 spiro atoms. The molecule has 0 aromatic heterocycles. The van der Waals surface area contributed by atoms with Crippen molar-refractivity contribution in [3.8, 4) is 0 Å². The average molecular weight is 256 g/mol. The number of aliphatic carboxylic acids is 1. The topological polar surface area (TPSA) is 69.6 Å². The predicted octanol–water partition coefficient (Wildman–Crippen LogP) is 1.78. The second-order valence-electron chi connectivity index (χ2n) is 5.80. The van der Waals surface area contributed by atoms with Crippen molar-refractivity contribution in [3.05, 3.63) is 0 Å². The minimum Gasteiger partial charge on any atom is -0.481 e. The van der Waals surface area contributed by atoms with Crippen LogP contribution in [0.1, 0.15) is 33.6 Å². The third-order valence-electron chi connectivity index (χ3n) is 4.02. The van der Waals surface area contributed by atoms with Crippen LogP contribution in [-0.4, -0.2) is 42.1 Å². The second-order valence-corrected chi connectivity index (χ2v) is 5.80. The number of carbonyl (C=O) groups excluding carboxylic acids is 1. The summed E-state index contributed by atoms with van der Waals surface area (Å²) in [6.07, 6.45) is 2.33. The summed E-state index contributed by atoms with van der Waals surface area (Å²) in [5.41, 5.74) is 0.273. The Morgan fingerprint density at radius 1 is 1.33 bits per heavy atom. The number of hydrogen-bond donors (Lipinski definition) is 2. The maximum atomic E-state index is 11.8. The van der Waals surface area contributed by atoms with E-state index in [-0.39, 0.29) is 18.0 Å². The van der Waals surface area contributed by atoms with Crippen LogP contribution in [0.2, 0.25) is 0 Å². The number of nitrogens with one attached hydrogen (secondary N) is 1. The van der Waals surface area contributed by atoms with Crippen molar-refractivity contribution in [3.63, 3.8) is 0 Å². The number of carbonyl (C=O) groups is 2. The van der Waals surface area contributed by atoms with Gasteiger partial charge in [-0.25, -0.2) is 4.79 Å². The van der Waals surface area contributed by atoms with E-state index in [4.69, 9.17) is 5.11 Å². The Balaban J connectivity index is 2.35. The Morgan fingerprint density at radius 2 is 1.89 bits per heavy atom. The van der Waals surface area contributed by atoms with Gasteiger partial charge in [0.2, 0.25) is 0 Å². The monoisotopic (exact) mass is 256 g/mol. The molecule has 0 bridgehead atoms. The lowest BCUT2D eigenvalue weighted by Gasteiger charge is -2.24. The van der Waals surface area contributed by atoms with Crippen molar-refractivity contribution >= 4 is 12.0 Å². The lowest BCUT2D eigenvalue weighted by Crippen LogP contribution is -2.43. The van der Waals surface area contributed by atoms with Crippen LogP contribution in [0.15, 0.2) is 0 Å². The molecular weight excluding hydrogens is 232 g/mol. The fourth-order valence-corrected chi connectivity index (χ4v) is 2.08. The van der Waals surface area contributed by atoms with Crippen molar-refractivity contribution in [2.24, 2.45) is 17.3 Å². The molecule has 0 radical (unpaired) electrons. The molecule has 0 saturated heterocycles. The largest absolute Gasteiger partial charge is 0.481 e. The maximum absolute atomic E-state index is 11.8. The number of rotatable bonds is 6. The summed E-state index contributed by atoms with van der Waals surface area (Å²) in [6.45, 7) is 6.87.